The molecule has 0 aromatic rings. The average Bonchev–Trinajstić information content (AvgIpc) is 1.98. The summed E-state index contributed by atoms with van der Waals surface area (Å²) in [6.45, 7) is 1.18. The molecular weight excluding hydrogens is 150 g/mol. The van der Waals surface area contributed by atoms with Crippen molar-refractivity contribution in [2.45, 2.75) is 19.4 Å². The molecule has 2 unspecified atom stereocenters. The first kappa shape index (κ1) is 10.3. The molecule has 2 N–H and O–H groups in total. The third-order valence-electron chi connectivity index (χ3n) is 1.61. The SMILES string of the molecule is CC(CC[N+](=O)[O-])C(O)CO. The minimum absolute atomic E-state index is 0.155. The van der Waals surface area contributed by atoms with Crippen LogP contribution in [0, 0.1) is 16.0 Å². The molecule has 2 atom stereocenters. The summed E-state index contributed by atoms with van der Waals surface area (Å²) in [6.07, 6.45) is -0.538. The van der Waals surface area contributed by atoms with Crippen LogP contribution >= 0.6 is 0 Å². The van der Waals surface area contributed by atoms with Crippen molar-refractivity contribution in [1.29, 1.82) is 0 Å². The Balaban J connectivity index is 3.51. The lowest BCUT2D eigenvalue weighted by Gasteiger charge is -2.13. The van der Waals surface area contributed by atoms with Gasteiger partial charge in [-0.05, 0) is 5.92 Å². The summed E-state index contributed by atoms with van der Waals surface area (Å²) >= 11 is 0. The summed E-state index contributed by atoms with van der Waals surface area (Å²) in [5, 5.41) is 27.3. The zero-order valence-corrected chi connectivity index (χ0v) is 6.43. The van der Waals surface area contributed by atoms with Crippen LogP contribution in [-0.2, 0) is 0 Å². The predicted octanol–water partition coefficient (Wildman–Crippen LogP) is -0.358. The maximum absolute atomic E-state index is 9.88. The largest absolute Gasteiger partial charge is 0.394 e. The van der Waals surface area contributed by atoms with Crippen LogP contribution in [0.25, 0.3) is 0 Å². The molecule has 0 fully saturated rings. The van der Waals surface area contributed by atoms with E-state index in [1.807, 2.05) is 0 Å². The molecule has 0 aliphatic rings. The molecule has 0 bridgehead atoms. The summed E-state index contributed by atoms with van der Waals surface area (Å²) < 4.78 is 0. The van der Waals surface area contributed by atoms with Crippen molar-refractivity contribution in [3.63, 3.8) is 0 Å². The number of nitrogens with zero attached hydrogens (tertiary/aromatic N) is 1. The number of hydrogen-bond acceptors (Lipinski definition) is 4. The van der Waals surface area contributed by atoms with Gasteiger partial charge in [0.25, 0.3) is 0 Å². The van der Waals surface area contributed by atoms with Gasteiger partial charge in [-0.2, -0.15) is 0 Å². The van der Waals surface area contributed by atoms with Crippen molar-refractivity contribution in [1.82, 2.24) is 0 Å². The van der Waals surface area contributed by atoms with E-state index < -0.39 is 11.0 Å². The Bertz CT molecular complexity index is 128. The second kappa shape index (κ2) is 5.03. The molecule has 0 aliphatic carbocycles. The van der Waals surface area contributed by atoms with E-state index in [2.05, 4.69) is 0 Å². The Morgan fingerprint density at radius 1 is 1.64 bits per heavy atom. The zero-order chi connectivity index (χ0) is 8.85. The summed E-state index contributed by atoms with van der Waals surface area (Å²) in [5.74, 6) is -0.217. The van der Waals surface area contributed by atoms with E-state index in [-0.39, 0.29) is 19.1 Å². The smallest absolute Gasteiger partial charge is 0.204 e. The second-order valence-electron chi connectivity index (χ2n) is 2.57. The Morgan fingerprint density at radius 2 is 2.18 bits per heavy atom. The first-order valence-electron chi connectivity index (χ1n) is 3.48. The van der Waals surface area contributed by atoms with Crippen molar-refractivity contribution in [3.8, 4) is 0 Å². The van der Waals surface area contributed by atoms with E-state index >= 15 is 0 Å². The normalized spacial score (nSPS) is 15.9. The van der Waals surface area contributed by atoms with Crippen LogP contribution in [0.15, 0.2) is 0 Å². The topological polar surface area (TPSA) is 83.6 Å². The highest BCUT2D eigenvalue weighted by Crippen LogP contribution is 2.06. The molecule has 5 nitrogen and oxygen atoms in total. The van der Waals surface area contributed by atoms with E-state index in [9.17, 15) is 10.1 Å². The first-order chi connectivity index (χ1) is 5.07. The van der Waals surface area contributed by atoms with Gasteiger partial charge in [0, 0.05) is 11.3 Å². The van der Waals surface area contributed by atoms with Crippen molar-refractivity contribution in [2.75, 3.05) is 13.2 Å². The molecule has 0 aromatic carbocycles. The van der Waals surface area contributed by atoms with Crippen molar-refractivity contribution < 1.29 is 15.1 Å². The van der Waals surface area contributed by atoms with Gasteiger partial charge >= 0.3 is 0 Å². The predicted molar refractivity (Wildman–Crippen MR) is 38.7 cm³/mol. The average molecular weight is 163 g/mol. The van der Waals surface area contributed by atoms with Crippen LogP contribution in [0.2, 0.25) is 0 Å². The molecule has 0 aliphatic heterocycles. The Kier molecular flexibility index (Phi) is 4.72. The van der Waals surface area contributed by atoms with Gasteiger partial charge in [-0.25, -0.2) is 0 Å². The summed E-state index contributed by atoms with van der Waals surface area (Å²) in [4.78, 5) is 9.45. The highest BCUT2D eigenvalue weighted by atomic mass is 16.6. The lowest BCUT2D eigenvalue weighted by molar-refractivity contribution is -0.481. The molecular formula is C6H13NO4. The number of aliphatic hydroxyl groups excluding tert-OH is 2. The van der Waals surface area contributed by atoms with Gasteiger partial charge in [-0.1, -0.05) is 6.92 Å². The van der Waals surface area contributed by atoms with Gasteiger partial charge in [0.15, 0.2) is 0 Å². The zero-order valence-electron chi connectivity index (χ0n) is 6.43. The maximum atomic E-state index is 9.88. The summed E-state index contributed by atoms with van der Waals surface area (Å²) in [5.41, 5.74) is 0. The number of hydrogen-bond donors (Lipinski definition) is 2. The van der Waals surface area contributed by atoms with Crippen molar-refractivity contribution in [3.05, 3.63) is 10.1 Å². The van der Waals surface area contributed by atoms with E-state index in [1.165, 1.54) is 0 Å². The molecule has 0 spiro atoms. The van der Waals surface area contributed by atoms with Crippen LogP contribution in [-0.4, -0.2) is 34.4 Å². The summed E-state index contributed by atoms with van der Waals surface area (Å²) in [7, 11) is 0. The minimum Gasteiger partial charge on any atom is -0.394 e. The quantitative estimate of drug-likeness (QED) is 0.428. The number of rotatable bonds is 5. The van der Waals surface area contributed by atoms with Crippen LogP contribution in [0.3, 0.4) is 0 Å². The van der Waals surface area contributed by atoms with E-state index in [4.69, 9.17) is 10.2 Å². The van der Waals surface area contributed by atoms with Crippen LogP contribution in [0.1, 0.15) is 13.3 Å². The molecule has 5 heteroatoms. The molecule has 11 heavy (non-hydrogen) atoms. The highest BCUT2D eigenvalue weighted by Gasteiger charge is 2.14. The Hall–Kier alpha value is -0.680. The van der Waals surface area contributed by atoms with Gasteiger partial charge in [-0.15, -0.1) is 0 Å². The fourth-order valence-electron chi connectivity index (χ4n) is 0.681. The lowest BCUT2D eigenvalue weighted by atomic mass is 10.0. The van der Waals surface area contributed by atoms with Gasteiger partial charge in [0.1, 0.15) is 0 Å². The van der Waals surface area contributed by atoms with Crippen LogP contribution in [0.5, 0.6) is 0 Å². The molecule has 0 heterocycles. The van der Waals surface area contributed by atoms with Crippen molar-refractivity contribution >= 4 is 0 Å². The third-order valence-corrected chi connectivity index (χ3v) is 1.61. The fraction of sp³-hybridized carbons (Fsp3) is 1.00. The van der Waals surface area contributed by atoms with Crippen LogP contribution < -0.4 is 0 Å². The van der Waals surface area contributed by atoms with E-state index in [1.54, 1.807) is 6.92 Å². The molecule has 0 rings (SSSR count). The Labute approximate surface area is 64.8 Å². The molecule has 0 saturated heterocycles. The summed E-state index contributed by atoms with van der Waals surface area (Å²) in [6, 6.07) is 0. The first-order valence-corrected chi connectivity index (χ1v) is 3.48. The van der Waals surface area contributed by atoms with Gasteiger partial charge in [-0.3, -0.25) is 10.1 Å². The number of aliphatic hydroxyl groups is 2. The molecule has 0 saturated carbocycles. The fourth-order valence-corrected chi connectivity index (χ4v) is 0.681. The van der Waals surface area contributed by atoms with Gasteiger partial charge in [0.05, 0.1) is 12.7 Å². The van der Waals surface area contributed by atoms with E-state index in [0.717, 1.165) is 0 Å². The molecule has 66 valence electrons. The monoisotopic (exact) mass is 163 g/mol. The van der Waals surface area contributed by atoms with Gasteiger partial charge in [0.2, 0.25) is 6.54 Å². The third kappa shape index (κ3) is 4.69. The highest BCUT2D eigenvalue weighted by molar-refractivity contribution is 4.61. The number of nitro groups is 1. The Morgan fingerprint density at radius 3 is 2.55 bits per heavy atom. The maximum Gasteiger partial charge on any atom is 0.204 e. The molecule has 0 aromatic heterocycles. The van der Waals surface area contributed by atoms with Crippen molar-refractivity contribution in [2.24, 2.45) is 5.92 Å². The lowest BCUT2D eigenvalue weighted by Crippen LogP contribution is -2.23. The van der Waals surface area contributed by atoms with Crippen LogP contribution in [0.4, 0.5) is 0 Å². The second-order valence-corrected chi connectivity index (χ2v) is 2.57. The molecule has 0 radical (unpaired) electrons. The van der Waals surface area contributed by atoms with E-state index in [0.29, 0.717) is 6.42 Å². The van der Waals surface area contributed by atoms with Gasteiger partial charge < -0.3 is 10.2 Å². The molecule has 0 amide bonds. The standard InChI is InChI=1S/C6H13NO4/c1-5(6(9)4-8)2-3-7(10)11/h5-6,8-9H,2-4H2,1H3. The minimum atomic E-state index is -0.838.